The van der Waals surface area contributed by atoms with Gasteiger partial charge in [-0.1, -0.05) is 6.08 Å². The number of nitrogens with zero attached hydrogens (tertiary/aromatic N) is 2. The first-order valence-corrected chi connectivity index (χ1v) is 6.71. The van der Waals surface area contributed by atoms with Crippen molar-refractivity contribution in [3.8, 4) is 0 Å². The molecule has 0 saturated carbocycles. The van der Waals surface area contributed by atoms with Crippen LogP contribution in [0.25, 0.3) is 0 Å². The predicted molar refractivity (Wildman–Crippen MR) is 70.0 cm³/mol. The summed E-state index contributed by atoms with van der Waals surface area (Å²) < 4.78 is 0. The van der Waals surface area contributed by atoms with Crippen LogP contribution in [0.1, 0.15) is 19.3 Å². The van der Waals surface area contributed by atoms with Gasteiger partial charge >= 0.3 is 0 Å². The molecule has 3 heterocycles. The van der Waals surface area contributed by atoms with Crippen LogP contribution in [0.4, 0.5) is 0 Å². The summed E-state index contributed by atoms with van der Waals surface area (Å²) in [6.45, 7) is 4.60. The molecule has 0 radical (unpaired) electrons. The third-order valence-corrected chi connectivity index (χ3v) is 3.91. The Kier molecular flexibility index (Phi) is 3.18. The molecule has 1 saturated heterocycles. The number of rotatable bonds is 3. The monoisotopic (exact) mass is 231 g/mol. The molecular formula is C14H21N3. The molecule has 3 aliphatic heterocycles. The van der Waals surface area contributed by atoms with Crippen molar-refractivity contribution in [3.63, 3.8) is 0 Å². The Bertz CT molecular complexity index is 350. The Balaban J connectivity index is 1.50. The van der Waals surface area contributed by atoms with E-state index in [0.717, 1.165) is 19.0 Å². The number of hydrogen-bond acceptors (Lipinski definition) is 3. The highest BCUT2D eigenvalue weighted by atomic mass is 15.2. The van der Waals surface area contributed by atoms with E-state index in [0.29, 0.717) is 0 Å². The van der Waals surface area contributed by atoms with Gasteiger partial charge in [-0.3, -0.25) is 0 Å². The average molecular weight is 231 g/mol. The Morgan fingerprint density at radius 2 is 2.12 bits per heavy atom. The highest BCUT2D eigenvalue weighted by molar-refractivity contribution is 5.28. The summed E-state index contributed by atoms with van der Waals surface area (Å²) in [4.78, 5) is 4.62. The first kappa shape index (κ1) is 10.9. The Labute approximate surface area is 103 Å². The third-order valence-electron chi connectivity index (χ3n) is 3.91. The molecule has 3 nitrogen and oxygen atoms in total. The molecule has 3 aliphatic rings. The van der Waals surface area contributed by atoms with Crippen LogP contribution in [-0.4, -0.2) is 36.0 Å². The normalized spacial score (nSPS) is 24.1. The Morgan fingerprint density at radius 3 is 3.00 bits per heavy atom. The zero-order valence-corrected chi connectivity index (χ0v) is 10.3. The molecule has 0 atom stereocenters. The molecule has 0 bridgehead atoms. The fourth-order valence-electron chi connectivity index (χ4n) is 2.77. The van der Waals surface area contributed by atoms with Crippen LogP contribution in [0, 0.1) is 5.92 Å². The van der Waals surface area contributed by atoms with Crippen molar-refractivity contribution in [2.24, 2.45) is 5.92 Å². The van der Waals surface area contributed by atoms with E-state index in [-0.39, 0.29) is 0 Å². The molecule has 0 aliphatic carbocycles. The zero-order valence-electron chi connectivity index (χ0n) is 10.3. The van der Waals surface area contributed by atoms with Gasteiger partial charge in [0.1, 0.15) is 0 Å². The molecule has 0 spiro atoms. The number of hydrogen-bond donors (Lipinski definition) is 1. The van der Waals surface area contributed by atoms with E-state index < -0.39 is 0 Å². The van der Waals surface area contributed by atoms with Gasteiger partial charge in [-0.25, -0.2) is 0 Å². The van der Waals surface area contributed by atoms with Crippen molar-refractivity contribution < 1.29 is 0 Å². The second kappa shape index (κ2) is 4.96. The van der Waals surface area contributed by atoms with Gasteiger partial charge in [0, 0.05) is 31.7 Å². The van der Waals surface area contributed by atoms with Crippen molar-refractivity contribution >= 4 is 0 Å². The maximum atomic E-state index is 3.43. The van der Waals surface area contributed by atoms with Crippen molar-refractivity contribution in [1.82, 2.24) is 15.1 Å². The SMILES string of the molecule is C1=CC2=CN(CCC3CCNCC3)C=CN2C1. The standard InChI is InChI=1S/C14H21N3/c1-2-14-12-16(10-11-17(14)8-1)9-5-13-3-6-15-7-4-13/h1-2,10-13,15H,3-9H2. The number of fused-ring (bicyclic) bond motifs is 1. The van der Waals surface area contributed by atoms with Crippen LogP contribution in [0.2, 0.25) is 0 Å². The second-order valence-corrected chi connectivity index (χ2v) is 5.13. The Morgan fingerprint density at radius 1 is 1.24 bits per heavy atom. The average Bonchev–Trinajstić information content (AvgIpc) is 2.85. The zero-order chi connectivity index (χ0) is 11.5. The quantitative estimate of drug-likeness (QED) is 0.800. The number of allylic oxidation sites excluding steroid dienone is 1. The lowest BCUT2D eigenvalue weighted by Gasteiger charge is -2.28. The van der Waals surface area contributed by atoms with Gasteiger partial charge in [-0.15, -0.1) is 0 Å². The van der Waals surface area contributed by atoms with E-state index in [1.165, 1.54) is 38.0 Å². The molecule has 0 unspecified atom stereocenters. The predicted octanol–water partition coefficient (Wildman–Crippen LogP) is 1.88. The van der Waals surface area contributed by atoms with Gasteiger partial charge in [-0.2, -0.15) is 0 Å². The summed E-state index contributed by atoms with van der Waals surface area (Å²) in [5, 5.41) is 3.43. The van der Waals surface area contributed by atoms with Gasteiger partial charge in [0.2, 0.25) is 0 Å². The van der Waals surface area contributed by atoms with Crippen molar-refractivity contribution in [2.45, 2.75) is 19.3 Å². The number of nitrogens with one attached hydrogen (secondary N) is 1. The van der Waals surface area contributed by atoms with Gasteiger partial charge in [-0.05, 0) is 44.3 Å². The lowest BCUT2D eigenvalue weighted by Crippen LogP contribution is -2.30. The van der Waals surface area contributed by atoms with Crippen LogP contribution < -0.4 is 5.32 Å². The topological polar surface area (TPSA) is 18.5 Å². The van der Waals surface area contributed by atoms with Gasteiger partial charge in [0.05, 0.1) is 5.70 Å². The summed E-state index contributed by atoms with van der Waals surface area (Å²) in [5.74, 6) is 0.917. The van der Waals surface area contributed by atoms with Crippen LogP contribution >= 0.6 is 0 Å². The molecule has 0 aromatic carbocycles. The largest absolute Gasteiger partial charge is 0.351 e. The molecule has 0 aromatic heterocycles. The van der Waals surface area contributed by atoms with E-state index in [1.54, 1.807) is 0 Å². The fourth-order valence-corrected chi connectivity index (χ4v) is 2.77. The molecule has 92 valence electrons. The van der Waals surface area contributed by atoms with E-state index in [1.807, 2.05) is 0 Å². The van der Waals surface area contributed by atoms with Crippen LogP contribution in [0.15, 0.2) is 36.4 Å². The van der Waals surface area contributed by atoms with E-state index >= 15 is 0 Å². The van der Waals surface area contributed by atoms with Gasteiger partial charge in [0.15, 0.2) is 0 Å². The fraction of sp³-hybridized carbons (Fsp3) is 0.571. The Hall–Kier alpha value is -1.22. The van der Waals surface area contributed by atoms with Crippen molar-refractivity contribution in [2.75, 3.05) is 26.2 Å². The summed E-state index contributed by atoms with van der Waals surface area (Å²) >= 11 is 0. The minimum atomic E-state index is 0.917. The number of piperidine rings is 1. The third kappa shape index (κ3) is 2.55. The molecule has 0 amide bonds. The maximum absolute atomic E-state index is 3.43. The first-order chi connectivity index (χ1) is 8.42. The summed E-state index contributed by atoms with van der Waals surface area (Å²) in [7, 11) is 0. The van der Waals surface area contributed by atoms with Crippen molar-refractivity contribution in [3.05, 3.63) is 36.4 Å². The maximum Gasteiger partial charge on any atom is 0.0572 e. The second-order valence-electron chi connectivity index (χ2n) is 5.13. The summed E-state index contributed by atoms with van der Waals surface area (Å²) in [5.41, 5.74) is 1.33. The molecule has 17 heavy (non-hydrogen) atoms. The van der Waals surface area contributed by atoms with E-state index in [4.69, 9.17) is 0 Å². The van der Waals surface area contributed by atoms with E-state index in [9.17, 15) is 0 Å². The van der Waals surface area contributed by atoms with Crippen molar-refractivity contribution in [1.29, 1.82) is 0 Å². The minimum Gasteiger partial charge on any atom is -0.351 e. The highest BCUT2D eigenvalue weighted by Gasteiger charge is 2.16. The molecule has 3 rings (SSSR count). The van der Waals surface area contributed by atoms with Crippen LogP contribution in [0.3, 0.4) is 0 Å². The summed E-state index contributed by atoms with van der Waals surface area (Å²) in [6.07, 6.45) is 15.1. The molecule has 1 fully saturated rings. The van der Waals surface area contributed by atoms with E-state index in [2.05, 4.69) is 45.9 Å². The smallest absolute Gasteiger partial charge is 0.0572 e. The summed E-state index contributed by atoms with van der Waals surface area (Å²) in [6, 6.07) is 0. The molecule has 1 N–H and O–H groups in total. The van der Waals surface area contributed by atoms with Crippen LogP contribution in [-0.2, 0) is 0 Å². The van der Waals surface area contributed by atoms with Gasteiger partial charge in [0.25, 0.3) is 0 Å². The highest BCUT2D eigenvalue weighted by Crippen LogP contribution is 2.21. The molecule has 3 heteroatoms. The lowest BCUT2D eigenvalue weighted by molar-refractivity contribution is 0.317. The molecular weight excluding hydrogens is 210 g/mol. The lowest BCUT2D eigenvalue weighted by atomic mass is 9.94. The minimum absolute atomic E-state index is 0.917. The van der Waals surface area contributed by atoms with Crippen LogP contribution in [0.5, 0.6) is 0 Å². The molecule has 0 aromatic rings. The van der Waals surface area contributed by atoms with Gasteiger partial charge < -0.3 is 15.1 Å². The first-order valence-electron chi connectivity index (χ1n) is 6.71.